The molecule has 0 N–H and O–H groups in total. The van der Waals surface area contributed by atoms with Crippen LogP contribution in [0, 0.1) is 5.92 Å². The Labute approximate surface area is 203 Å². The van der Waals surface area contributed by atoms with Crippen LogP contribution >= 0.6 is 0 Å². The van der Waals surface area contributed by atoms with E-state index in [0.717, 1.165) is 33.2 Å². The lowest BCUT2D eigenvalue weighted by atomic mass is 9.79. The van der Waals surface area contributed by atoms with E-state index in [2.05, 4.69) is 0 Å². The third-order valence-electron chi connectivity index (χ3n) is 6.88. The van der Waals surface area contributed by atoms with Crippen LogP contribution in [-0.4, -0.2) is 58.7 Å². The number of hydrogen-bond acceptors (Lipinski definition) is 7. The van der Waals surface area contributed by atoms with E-state index in [1.807, 2.05) is 48.3 Å². The molecule has 3 aromatic carbocycles. The van der Waals surface area contributed by atoms with E-state index >= 15 is 0 Å². The van der Waals surface area contributed by atoms with E-state index in [9.17, 15) is 9.59 Å². The molecule has 0 radical (unpaired) electrons. The van der Waals surface area contributed by atoms with Crippen molar-refractivity contribution in [2.45, 2.75) is 13.0 Å². The molecular weight excluding hydrogens is 448 g/mol. The molecule has 0 saturated heterocycles. The number of carbonyl (C=O) groups is 2. The first-order valence-corrected chi connectivity index (χ1v) is 11.3. The van der Waals surface area contributed by atoms with Gasteiger partial charge in [-0.3, -0.25) is 9.59 Å². The summed E-state index contributed by atoms with van der Waals surface area (Å²) in [5.41, 5.74) is 3.58. The van der Waals surface area contributed by atoms with Crippen molar-refractivity contribution in [2.24, 2.45) is 5.92 Å². The predicted octanol–water partition coefficient (Wildman–Crippen LogP) is 4.04. The first kappa shape index (κ1) is 22.8. The Bertz CT molecular complexity index is 1370. The van der Waals surface area contributed by atoms with E-state index in [1.165, 1.54) is 11.8 Å². The van der Waals surface area contributed by atoms with E-state index in [1.54, 1.807) is 28.3 Å². The molecule has 2 heterocycles. The predicted molar refractivity (Wildman–Crippen MR) is 133 cm³/mol. The fourth-order valence-electron chi connectivity index (χ4n) is 5.23. The van der Waals surface area contributed by atoms with E-state index in [-0.39, 0.29) is 18.5 Å². The molecule has 2 aliphatic rings. The smallest absolute Gasteiger partial charge is 0.235 e. The van der Waals surface area contributed by atoms with Crippen molar-refractivity contribution >= 4 is 28.2 Å². The van der Waals surface area contributed by atoms with E-state index < -0.39 is 12.0 Å². The van der Waals surface area contributed by atoms with Gasteiger partial charge in [-0.25, -0.2) is 0 Å². The highest BCUT2D eigenvalue weighted by Gasteiger charge is 2.42. The van der Waals surface area contributed by atoms with Gasteiger partial charge in [0.2, 0.25) is 12.7 Å². The summed E-state index contributed by atoms with van der Waals surface area (Å²) in [4.78, 5) is 29.8. The number of amides is 1. The first-order valence-electron chi connectivity index (χ1n) is 11.3. The summed E-state index contributed by atoms with van der Waals surface area (Å²) in [6.45, 7) is 1.65. The Hall–Kier alpha value is -3.94. The quantitative estimate of drug-likeness (QED) is 0.515. The summed E-state index contributed by atoms with van der Waals surface area (Å²) in [7, 11) is 8.42. The molecule has 35 heavy (non-hydrogen) atoms. The highest BCUT2D eigenvalue weighted by molar-refractivity contribution is 6.08. The number of benzene rings is 3. The van der Waals surface area contributed by atoms with Gasteiger partial charge in [-0.1, -0.05) is 12.1 Å². The minimum atomic E-state index is -0.913. The van der Waals surface area contributed by atoms with Gasteiger partial charge in [0.05, 0.1) is 25.9 Å². The SMILES string of the molecule is COc1cc2c(cc1OC)C(C(C(C)=O)C(=O)N(C)C)N(C)c1c-2ccc2cc3c(cc12)OCO3. The summed E-state index contributed by atoms with van der Waals surface area (Å²) >= 11 is 0. The molecule has 8 nitrogen and oxygen atoms in total. The molecule has 8 heteroatoms. The van der Waals surface area contributed by atoms with Crippen LogP contribution in [0.25, 0.3) is 21.9 Å². The Morgan fingerprint density at radius 1 is 1.00 bits per heavy atom. The Morgan fingerprint density at radius 2 is 1.66 bits per heavy atom. The fourth-order valence-corrected chi connectivity index (χ4v) is 5.23. The maximum absolute atomic E-state index is 13.3. The molecule has 0 aliphatic carbocycles. The molecule has 3 aromatic rings. The molecule has 1 amide bonds. The van der Waals surface area contributed by atoms with Crippen molar-refractivity contribution in [3.8, 4) is 34.1 Å². The molecule has 0 fully saturated rings. The van der Waals surface area contributed by atoms with Gasteiger partial charge in [0.15, 0.2) is 23.0 Å². The lowest BCUT2D eigenvalue weighted by Gasteiger charge is -2.42. The molecule has 5 rings (SSSR count). The van der Waals surface area contributed by atoms with Crippen LogP contribution in [0.4, 0.5) is 5.69 Å². The molecule has 0 aromatic heterocycles. The zero-order valence-electron chi connectivity index (χ0n) is 20.7. The molecule has 0 spiro atoms. The van der Waals surface area contributed by atoms with Crippen molar-refractivity contribution in [3.05, 3.63) is 42.0 Å². The van der Waals surface area contributed by atoms with Gasteiger partial charge in [0, 0.05) is 32.1 Å². The van der Waals surface area contributed by atoms with Gasteiger partial charge in [-0.15, -0.1) is 0 Å². The Balaban J connectivity index is 1.84. The normalized spacial score (nSPS) is 16.4. The number of ketones is 1. The first-order chi connectivity index (χ1) is 16.8. The molecule has 0 bridgehead atoms. The molecule has 2 aliphatic heterocycles. The minimum Gasteiger partial charge on any atom is -0.493 e. The third-order valence-corrected chi connectivity index (χ3v) is 6.88. The number of fused-ring (bicyclic) bond motifs is 6. The number of rotatable bonds is 5. The summed E-state index contributed by atoms with van der Waals surface area (Å²) in [5.74, 6) is 1.11. The van der Waals surface area contributed by atoms with Gasteiger partial charge in [-0.2, -0.15) is 0 Å². The van der Waals surface area contributed by atoms with Gasteiger partial charge >= 0.3 is 0 Å². The fraction of sp³-hybridized carbons (Fsp3) is 0.333. The van der Waals surface area contributed by atoms with Gasteiger partial charge in [-0.05, 0) is 47.7 Å². The second kappa shape index (κ2) is 8.37. The average molecular weight is 477 g/mol. The number of carbonyl (C=O) groups excluding carboxylic acids is 2. The second-order valence-corrected chi connectivity index (χ2v) is 9.06. The zero-order valence-corrected chi connectivity index (χ0v) is 20.7. The number of hydrogen-bond donors (Lipinski definition) is 0. The number of nitrogens with zero attached hydrogens (tertiary/aromatic N) is 2. The van der Waals surface area contributed by atoms with Gasteiger partial charge in [0.25, 0.3) is 0 Å². The van der Waals surface area contributed by atoms with Crippen molar-refractivity contribution in [3.63, 3.8) is 0 Å². The molecule has 182 valence electrons. The van der Waals surface area contributed by atoms with Gasteiger partial charge < -0.3 is 28.7 Å². The van der Waals surface area contributed by atoms with Crippen LogP contribution in [-0.2, 0) is 9.59 Å². The maximum Gasteiger partial charge on any atom is 0.235 e. The van der Waals surface area contributed by atoms with Crippen molar-refractivity contribution in [1.82, 2.24) is 4.90 Å². The number of anilines is 1. The second-order valence-electron chi connectivity index (χ2n) is 9.06. The highest BCUT2D eigenvalue weighted by Crippen LogP contribution is 2.53. The zero-order chi connectivity index (χ0) is 25.0. The van der Waals surface area contributed by atoms with E-state index in [4.69, 9.17) is 18.9 Å². The number of ether oxygens (including phenoxy) is 4. The largest absolute Gasteiger partial charge is 0.493 e. The molecule has 0 saturated carbocycles. The average Bonchev–Trinajstić information content (AvgIpc) is 3.30. The number of Topliss-reactive ketones (excluding diaryl/α,β-unsaturated/α-hetero) is 1. The van der Waals surface area contributed by atoms with Crippen molar-refractivity contribution in [1.29, 1.82) is 0 Å². The number of methoxy groups -OCH3 is 2. The van der Waals surface area contributed by atoms with Crippen molar-refractivity contribution < 1.29 is 28.5 Å². The van der Waals surface area contributed by atoms with Crippen LogP contribution in [0.2, 0.25) is 0 Å². The monoisotopic (exact) mass is 476 g/mol. The molecule has 2 unspecified atom stereocenters. The summed E-state index contributed by atoms with van der Waals surface area (Å²) in [5, 5.41) is 1.92. The van der Waals surface area contributed by atoms with Gasteiger partial charge in [0.1, 0.15) is 11.7 Å². The molecular formula is C27H28N2O6. The minimum absolute atomic E-state index is 0.176. The lowest BCUT2D eigenvalue weighted by molar-refractivity contribution is -0.139. The standard InChI is InChI=1S/C27H28N2O6/c1-14(30)24(27(31)28(2)3)26-19-12-21(33-6)20(32-5)11-18(19)16-8-7-15-9-22-23(35-13-34-22)10-17(15)25(16)29(26)4/h7-12,24,26H,13H2,1-6H3. The summed E-state index contributed by atoms with van der Waals surface area (Å²) < 4.78 is 22.4. The highest BCUT2D eigenvalue weighted by atomic mass is 16.7. The summed E-state index contributed by atoms with van der Waals surface area (Å²) in [6, 6.07) is 11.3. The Kier molecular flexibility index (Phi) is 5.46. The van der Waals surface area contributed by atoms with Crippen LogP contribution in [0.15, 0.2) is 36.4 Å². The summed E-state index contributed by atoms with van der Waals surface area (Å²) in [6.07, 6.45) is 0. The van der Waals surface area contributed by atoms with E-state index in [0.29, 0.717) is 23.0 Å². The topological polar surface area (TPSA) is 77.5 Å². The third kappa shape index (κ3) is 3.43. The molecule has 2 atom stereocenters. The van der Waals surface area contributed by atoms with Crippen LogP contribution in [0.5, 0.6) is 23.0 Å². The van der Waals surface area contributed by atoms with Crippen LogP contribution in [0.1, 0.15) is 18.5 Å². The van der Waals surface area contributed by atoms with Crippen LogP contribution in [0.3, 0.4) is 0 Å². The lowest BCUT2D eigenvalue weighted by Crippen LogP contribution is -2.44. The van der Waals surface area contributed by atoms with Crippen molar-refractivity contribution in [2.75, 3.05) is 47.1 Å². The van der Waals surface area contributed by atoms with Crippen LogP contribution < -0.4 is 23.8 Å². The maximum atomic E-state index is 13.3. The Morgan fingerprint density at radius 3 is 2.29 bits per heavy atom.